The lowest BCUT2D eigenvalue weighted by Crippen LogP contribution is -2.70. The van der Waals surface area contributed by atoms with Crippen molar-refractivity contribution in [3.05, 3.63) is 340 Å². The lowest BCUT2D eigenvalue weighted by Gasteiger charge is -2.32. The Morgan fingerprint density at radius 1 is 0.172 bits per heavy atom. The summed E-state index contributed by atoms with van der Waals surface area (Å²) in [6.07, 6.45) is 0. The van der Waals surface area contributed by atoms with E-state index < -0.39 is 8.07 Å². The average molecular weight is 1280 g/mol. The fraction of sp³-hybridized carbons (Fsp3) is 0. The van der Waals surface area contributed by atoms with Crippen molar-refractivity contribution >= 4 is 62.9 Å². The first-order valence-corrected chi connectivity index (χ1v) is 35.6. The maximum atomic E-state index is 5.44. The summed E-state index contributed by atoms with van der Waals surface area (Å²) >= 11 is 0. The summed E-state index contributed by atoms with van der Waals surface area (Å²) in [6, 6.07) is 123. The Morgan fingerprint density at radius 3 is 0.677 bits per heavy atom. The van der Waals surface area contributed by atoms with Crippen molar-refractivity contribution in [2.45, 2.75) is 0 Å². The SMILES string of the molecule is c1ccc(-c2nc(-c3ccccc3)nc(-c3ccc4c(c3)[Si]3(c5cc(-c6nc(-c7ccccc7)nc(-c7ccccc7)n6)ccc5-4)c4cc(N5c6ccccc6-c6ccccc6-c6ccccc65)ccc4-c4ccc(N5c6ccccc6-c6ccccc6-c6ccccc65)cc43)n2)cc1. The fourth-order valence-corrected chi connectivity index (χ4v) is 21.6. The van der Waals surface area contributed by atoms with E-state index in [2.05, 4.69) is 277 Å². The minimum atomic E-state index is -3.69. The Kier molecular flexibility index (Phi) is 12.8. The van der Waals surface area contributed by atoms with E-state index in [0.717, 1.165) is 78.6 Å². The predicted octanol–water partition coefficient (Wildman–Crippen LogP) is 19.6. The largest absolute Gasteiger partial charge is 0.309 e. The van der Waals surface area contributed by atoms with E-state index >= 15 is 0 Å². The zero-order valence-electron chi connectivity index (χ0n) is 53.4. The van der Waals surface area contributed by atoms with Crippen LogP contribution in [0.15, 0.2) is 340 Å². The topological polar surface area (TPSA) is 83.8 Å². The third-order valence-electron chi connectivity index (χ3n) is 20.3. The predicted molar refractivity (Wildman–Crippen MR) is 406 cm³/mol. The molecule has 1 spiro atoms. The molecule has 8 nitrogen and oxygen atoms in total. The zero-order chi connectivity index (χ0) is 65.1. The quantitative estimate of drug-likeness (QED) is 0.139. The van der Waals surface area contributed by atoms with Gasteiger partial charge in [0.1, 0.15) is 0 Å². The number of para-hydroxylation sites is 4. The van der Waals surface area contributed by atoms with Crippen LogP contribution < -0.4 is 30.5 Å². The molecule has 0 N–H and O–H groups in total. The van der Waals surface area contributed by atoms with Crippen molar-refractivity contribution < 1.29 is 0 Å². The Bertz CT molecular complexity index is 5350. The van der Waals surface area contributed by atoms with E-state index in [1.54, 1.807) is 0 Å². The van der Waals surface area contributed by atoms with Crippen LogP contribution in [0.4, 0.5) is 34.1 Å². The van der Waals surface area contributed by atoms with Gasteiger partial charge in [-0.1, -0.05) is 291 Å². The third-order valence-corrected chi connectivity index (χ3v) is 25.2. The molecule has 9 heteroatoms. The molecule has 0 aliphatic carbocycles. The molecule has 0 saturated carbocycles. The number of anilines is 6. The van der Waals surface area contributed by atoms with Crippen molar-refractivity contribution in [2.24, 2.45) is 0 Å². The molecule has 14 aromatic carbocycles. The lowest BCUT2D eigenvalue weighted by molar-refractivity contribution is 1.07. The van der Waals surface area contributed by atoms with Gasteiger partial charge in [0, 0.05) is 67.0 Å². The van der Waals surface area contributed by atoms with Crippen molar-refractivity contribution in [3.8, 4) is 135 Å². The molecule has 4 aliphatic heterocycles. The van der Waals surface area contributed by atoms with Crippen LogP contribution in [0.2, 0.25) is 0 Å². The van der Waals surface area contributed by atoms with Crippen LogP contribution in [-0.4, -0.2) is 38.0 Å². The zero-order valence-corrected chi connectivity index (χ0v) is 54.4. The Balaban J connectivity index is 0.897. The van der Waals surface area contributed by atoms with Gasteiger partial charge in [-0.3, -0.25) is 0 Å². The number of fused-ring (bicyclic) bond motifs is 20. The van der Waals surface area contributed by atoms with Gasteiger partial charge in [0.2, 0.25) is 0 Å². The van der Waals surface area contributed by atoms with Crippen LogP contribution in [0.5, 0.6) is 0 Å². The summed E-state index contributed by atoms with van der Waals surface area (Å²) in [5, 5.41) is 5.03. The second-order valence-corrected chi connectivity index (χ2v) is 29.3. The summed E-state index contributed by atoms with van der Waals surface area (Å²) in [7, 11) is -3.69. The maximum Gasteiger partial charge on any atom is 0.182 e. The van der Waals surface area contributed by atoms with Gasteiger partial charge in [0.25, 0.3) is 0 Å². The summed E-state index contributed by atoms with van der Waals surface area (Å²) in [5.41, 5.74) is 26.1. The van der Waals surface area contributed by atoms with E-state index in [4.69, 9.17) is 29.9 Å². The third kappa shape index (κ3) is 8.84. The highest BCUT2D eigenvalue weighted by Gasteiger charge is 2.55. The van der Waals surface area contributed by atoms with Crippen molar-refractivity contribution in [2.75, 3.05) is 9.80 Å². The number of benzene rings is 14. The summed E-state index contributed by atoms with van der Waals surface area (Å²) in [5.74, 6) is 3.60. The standard InChI is InChI=1S/C90H56N8Si/c1-5-25-57(26-6-1)85-91-86(58-27-7-2-8-28-58)94-89(93-85)61-45-49-73-74-50-46-62(90-95-87(59-29-9-3-10-30-59)92-88(96-90)60-31-11-4-12-32-60)54-82(74)99(81(73)53-61)83-55-63(97-77-41-21-17-37-69(77)65-33-13-14-34-66(65)70-38-18-22-42-78(70)97)47-51-75(83)76-52-48-64(56-84(76)99)98-79-43-23-19-39-71(79)67-35-15-16-36-68(67)72-40-20-24-44-80(72)98/h1-56H. The molecular weight excluding hydrogens is 1220 g/mol. The van der Waals surface area contributed by atoms with Gasteiger partial charge < -0.3 is 9.80 Å². The number of hydrogen-bond donors (Lipinski definition) is 0. The van der Waals surface area contributed by atoms with Gasteiger partial charge in [0.15, 0.2) is 43.0 Å². The number of nitrogens with zero attached hydrogens (tertiary/aromatic N) is 8. The van der Waals surface area contributed by atoms with Gasteiger partial charge in [0.05, 0.1) is 22.7 Å². The van der Waals surface area contributed by atoms with Crippen molar-refractivity contribution in [1.82, 2.24) is 29.9 Å². The molecule has 2 aromatic heterocycles. The highest BCUT2D eigenvalue weighted by Crippen LogP contribution is 2.54. The molecule has 4 aliphatic rings. The summed E-state index contributed by atoms with van der Waals surface area (Å²) in [6.45, 7) is 0. The van der Waals surface area contributed by atoms with E-state index in [0.29, 0.717) is 34.9 Å². The minimum absolute atomic E-state index is 0.592. The van der Waals surface area contributed by atoms with Gasteiger partial charge in [-0.2, -0.15) is 0 Å². The number of rotatable bonds is 8. The molecule has 20 rings (SSSR count). The Morgan fingerprint density at radius 2 is 0.394 bits per heavy atom. The molecule has 0 fully saturated rings. The monoisotopic (exact) mass is 1280 g/mol. The first-order chi connectivity index (χ1) is 49.1. The van der Waals surface area contributed by atoms with Gasteiger partial charge in [-0.05, 0) is 114 Å². The van der Waals surface area contributed by atoms with E-state index in [-0.39, 0.29) is 0 Å². The van der Waals surface area contributed by atoms with Crippen LogP contribution in [0.3, 0.4) is 0 Å². The summed E-state index contributed by atoms with van der Waals surface area (Å²) in [4.78, 5) is 37.2. The molecule has 0 saturated heterocycles. The molecule has 0 unspecified atom stereocenters. The second kappa shape index (κ2) is 22.5. The molecule has 16 aromatic rings. The van der Waals surface area contributed by atoms with E-state index in [1.807, 2.05) is 72.8 Å². The highest BCUT2D eigenvalue weighted by molar-refractivity contribution is 7.24. The molecule has 99 heavy (non-hydrogen) atoms. The van der Waals surface area contributed by atoms with E-state index in [1.165, 1.54) is 76.4 Å². The van der Waals surface area contributed by atoms with Crippen LogP contribution >= 0.6 is 0 Å². The minimum Gasteiger partial charge on any atom is -0.309 e. The molecular formula is C90H56N8Si. The van der Waals surface area contributed by atoms with Crippen LogP contribution in [-0.2, 0) is 0 Å². The van der Waals surface area contributed by atoms with Gasteiger partial charge in [-0.25, -0.2) is 29.9 Å². The normalized spacial score (nSPS) is 12.9. The Labute approximate surface area is 573 Å². The van der Waals surface area contributed by atoms with Crippen LogP contribution in [0, 0.1) is 0 Å². The first-order valence-electron chi connectivity index (χ1n) is 33.6. The smallest absolute Gasteiger partial charge is 0.182 e. The van der Waals surface area contributed by atoms with Crippen LogP contribution in [0.1, 0.15) is 0 Å². The maximum absolute atomic E-state index is 5.44. The van der Waals surface area contributed by atoms with Gasteiger partial charge in [-0.15, -0.1) is 0 Å². The molecule has 0 bridgehead atoms. The molecule has 0 amide bonds. The van der Waals surface area contributed by atoms with Crippen molar-refractivity contribution in [1.29, 1.82) is 0 Å². The Hall–Kier alpha value is -13.1. The fourth-order valence-electron chi connectivity index (χ4n) is 15.9. The lowest BCUT2D eigenvalue weighted by atomic mass is 9.95. The molecule has 0 atom stereocenters. The van der Waals surface area contributed by atoms with Crippen LogP contribution in [0.25, 0.3) is 135 Å². The molecule has 0 radical (unpaired) electrons. The molecule has 6 heterocycles. The second-order valence-electron chi connectivity index (χ2n) is 25.6. The highest BCUT2D eigenvalue weighted by atomic mass is 28.3. The van der Waals surface area contributed by atoms with E-state index in [9.17, 15) is 0 Å². The first kappa shape index (κ1) is 56.3. The van der Waals surface area contributed by atoms with Crippen molar-refractivity contribution in [3.63, 3.8) is 0 Å². The molecule has 460 valence electrons. The number of aromatic nitrogens is 6. The van der Waals surface area contributed by atoms with Gasteiger partial charge >= 0.3 is 0 Å². The summed E-state index contributed by atoms with van der Waals surface area (Å²) < 4.78 is 0. The average Bonchev–Trinajstić information content (AvgIpc) is 1.50. The number of hydrogen-bond acceptors (Lipinski definition) is 8.